The van der Waals surface area contributed by atoms with Crippen molar-refractivity contribution >= 4 is 29.3 Å². The van der Waals surface area contributed by atoms with E-state index in [0.717, 1.165) is 11.1 Å². The Labute approximate surface area is 197 Å². The predicted octanol–water partition coefficient (Wildman–Crippen LogP) is 6.23. The van der Waals surface area contributed by atoms with E-state index in [9.17, 15) is 14.4 Å². The number of aryl methyl sites for hydroxylation is 2. The molecular formula is C26H22ClFN2O3. The van der Waals surface area contributed by atoms with E-state index >= 15 is 0 Å². The number of methoxy groups -OCH3 is 1. The van der Waals surface area contributed by atoms with Gasteiger partial charge < -0.3 is 14.8 Å². The third-order valence-corrected chi connectivity index (χ3v) is 5.17. The molecule has 0 bridgehead atoms. The van der Waals surface area contributed by atoms with Crippen LogP contribution in [0.2, 0.25) is 5.02 Å². The summed E-state index contributed by atoms with van der Waals surface area (Å²) < 4.78 is 24.9. The third kappa shape index (κ3) is 5.91. The molecule has 1 amide bonds. The van der Waals surface area contributed by atoms with Crippen LogP contribution in [0.25, 0.3) is 6.08 Å². The molecule has 0 saturated heterocycles. The van der Waals surface area contributed by atoms with Crippen LogP contribution in [0.5, 0.6) is 11.5 Å². The fourth-order valence-electron chi connectivity index (χ4n) is 3.19. The van der Waals surface area contributed by atoms with E-state index < -0.39 is 5.91 Å². The number of carbonyl (C=O) groups excluding carboxylic acids is 1. The summed E-state index contributed by atoms with van der Waals surface area (Å²) in [7, 11) is 1.44. The Morgan fingerprint density at radius 2 is 1.94 bits per heavy atom. The van der Waals surface area contributed by atoms with Gasteiger partial charge in [-0.25, -0.2) is 4.39 Å². The first-order valence-corrected chi connectivity index (χ1v) is 10.4. The molecule has 0 radical (unpaired) electrons. The molecule has 0 heterocycles. The first kappa shape index (κ1) is 23.8. The van der Waals surface area contributed by atoms with Crippen molar-refractivity contribution in [3.63, 3.8) is 0 Å². The number of rotatable bonds is 7. The Hall–Kier alpha value is -3.82. The molecule has 0 aliphatic carbocycles. The highest BCUT2D eigenvalue weighted by Crippen LogP contribution is 2.37. The Morgan fingerprint density at radius 1 is 1.18 bits per heavy atom. The molecule has 168 valence electrons. The number of ether oxygens (including phenoxy) is 2. The summed E-state index contributed by atoms with van der Waals surface area (Å²) in [6.45, 7) is 3.79. The zero-order valence-electron chi connectivity index (χ0n) is 18.4. The maximum atomic E-state index is 13.9. The number of nitrogens with one attached hydrogen (secondary N) is 1. The Bertz CT molecular complexity index is 1260. The molecule has 33 heavy (non-hydrogen) atoms. The first-order valence-electron chi connectivity index (χ1n) is 10.1. The number of amides is 1. The summed E-state index contributed by atoms with van der Waals surface area (Å²) >= 11 is 6.38. The standard InChI is InChI=1S/C26H22ClFN2O3/c1-16-8-9-23(17(2)10-16)30-26(31)20(14-29)11-18-12-21(27)25(24(13-18)32-3)33-15-19-6-4-5-7-22(19)28/h4-13H,15H2,1-3H3,(H,30,31)/b20-11+. The van der Waals surface area contributed by atoms with Crippen LogP contribution in [0.3, 0.4) is 0 Å². The van der Waals surface area contributed by atoms with Gasteiger partial charge in [0.1, 0.15) is 24.1 Å². The zero-order chi connectivity index (χ0) is 24.0. The van der Waals surface area contributed by atoms with Gasteiger partial charge in [-0.15, -0.1) is 0 Å². The zero-order valence-corrected chi connectivity index (χ0v) is 19.2. The molecule has 3 aromatic rings. The van der Waals surface area contributed by atoms with E-state index in [2.05, 4.69) is 5.32 Å². The van der Waals surface area contributed by atoms with Gasteiger partial charge in [0.15, 0.2) is 11.5 Å². The molecule has 5 nitrogen and oxygen atoms in total. The minimum absolute atomic E-state index is 0.0420. The van der Waals surface area contributed by atoms with Gasteiger partial charge in [0.2, 0.25) is 0 Å². The maximum Gasteiger partial charge on any atom is 0.266 e. The SMILES string of the molecule is COc1cc(/C=C(\C#N)C(=O)Nc2ccc(C)cc2C)cc(Cl)c1OCc1ccccc1F. The van der Waals surface area contributed by atoms with Gasteiger partial charge in [0.05, 0.1) is 12.1 Å². The normalized spacial score (nSPS) is 11.0. The predicted molar refractivity (Wildman–Crippen MR) is 127 cm³/mol. The number of benzene rings is 3. The summed E-state index contributed by atoms with van der Waals surface area (Å²) in [6, 6.07) is 16.9. The molecule has 7 heteroatoms. The van der Waals surface area contributed by atoms with Gasteiger partial charge in [0, 0.05) is 11.3 Å². The number of hydrogen-bond donors (Lipinski definition) is 1. The van der Waals surface area contributed by atoms with Crippen LogP contribution in [-0.4, -0.2) is 13.0 Å². The maximum absolute atomic E-state index is 13.9. The van der Waals surface area contributed by atoms with E-state index in [0.29, 0.717) is 16.8 Å². The highest BCUT2D eigenvalue weighted by molar-refractivity contribution is 6.32. The monoisotopic (exact) mass is 464 g/mol. The smallest absolute Gasteiger partial charge is 0.266 e. The van der Waals surface area contributed by atoms with E-state index in [1.54, 1.807) is 36.4 Å². The van der Waals surface area contributed by atoms with Crippen molar-refractivity contribution in [2.24, 2.45) is 0 Å². The molecule has 0 unspecified atom stereocenters. The van der Waals surface area contributed by atoms with Crippen LogP contribution in [0.1, 0.15) is 22.3 Å². The van der Waals surface area contributed by atoms with Crippen molar-refractivity contribution in [1.29, 1.82) is 5.26 Å². The number of hydrogen-bond acceptors (Lipinski definition) is 4. The third-order valence-electron chi connectivity index (χ3n) is 4.89. The molecule has 0 aliphatic heterocycles. The second-order valence-corrected chi connectivity index (χ2v) is 7.76. The van der Waals surface area contributed by atoms with Crippen molar-refractivity contribution in [3.8, 4) is 17.6 Å². The lowest BCUT2D eigenvalue weighted by Crippen LogP contribution is -2.14. The Kier molecular flexibility index (Phi) is 7.70. The number of carbonyl (C=O) groups is 1. The van der Waals surface area contributed by atoms with Crippen LogP contribution in [-0.2, 0) is 11.4 Å². The van der Waals surface area contributed by atoms with Gasteiger partial charge in [0.25, 0.3) is 5.91 Å². The van der Waals surface area contributed by atoms with Gasteiger partial charge in [-0.1, -0.05) is 47.5 Å². The average molecular weight is 465 g/mol. The van der Waals surface area contributed by atoms with Gasteiger partial charge in [-0.3, -0.25) is 4.79 Å². The minimum atomic E-state index is -0.542. The summed E-state index contributed by atoms with van der Waals surface area (Å²) in [6.07, 6.45) is 1.41. The molecule has 0 atom stereocenters. The lowest BCUT2D eigenvalue weighted by molar-refractivity contribution is -0.112. The van der Waals surface area contributed by atoms with Gasteiger partial charge in [-0.05, 0) is 55.3 Å². The molecule has 3 aromatic carbocycles. The van der Waals surface area contributed by atoms with Gasteiger partial charge in [-0.2, -0.15) is 5.26 Å². The largest absolute Gasteiger partial charge is 0.493 e. The van der Waals surface area contributed by atoms with Crippen LogP contribution in [0.15, 0.2) is 60.2 Å². The number of nitrogens with zero attached hydrogens (tertiary/aromatic N) is 1. The van der Waals surface area contributed by atoms with Crippen LogP contribution in [0.4, 0.5) is 10.1 Å². The molecule has 0 aromatic heterocycles. The highest BCUT2D eigenvalue weighted by atomic mass is 35.5. The fourth-order valence-corrected chi connectivity index (χ4v) is 3.46. The molecule has 0 aliphatic rings. The highest BCUT2D eigenvalue weighted by Gasteiger charge is 2.15. The van der Waals surface area contributed by atoms with Crippen molar-refractivity contribution in [2.45, 2.75) is 20.5 Å². The van der Waals surface area contributed by atoms with Crippen molar-refractivity contribution in [2.75, 3.05) is 12.4 Å². The molecule has 0 spiro atoms. The average Bonchev–Trinajstić information content (AvgIpc) is 2.79. The molecule has 0 saturated carbocycles. The lowest BCUT2D eigenvalue weighted by atomic mass is 10.1. The van der Waals surface area contributed by atoms with E-state index in [1.807, 2.05) is 32.0 Å². The van der Waals surface area contributed by atoms with Crippen LogP contribution >= 0.6 is 11.6 Å². The second kappa shape index (κ2) is 10.7. The Balaban J connectivity index is 1.84. The van der Waals surface area contributed by atoms with E-state index in [4.69, 9.17) is 21.1 Å². The van der Waals surface area contributed by atoms with Crippen LogP contribution < -0.4 is 14.8 Å². The molecular weight excluding hydrogens is 443 g/mol. The quantitative estimate of drug-likeness (QED) is 0.332. The van der Waals surface area contributed by atoms with Crippen LogP contribution in [0, 0.1) is 31.0 Å². The lowest BCUT2D eigenvalue weighted by Gasteiger charge is -2.14. The summed E-state index contributed by atoms with van der Waals surface area (Å²) in [5, 5.41) is 12.5. The second-order valence-electron chi connectivity index (χ2n) is 7.36. The Morgan fingerprint density at radius 3 is 2.61 bits per heavy atom. The minimum Gasteiger partial charge on any atom is -0.493 e. The molecule has 0 fully saturated rings. The summed E-state index contributed by atoms with van der Waals surface area (Å²) in [4.78, 5) is 12.7. The van der Waals surface area contributed by atoms with Crippen molar-refractivity contribution in [1.82, 2.24) is 0 Å². The number of halogens is 2. The fraction of sp³-hybridized carbons (Fsp3) is 0.154. The number of anilines is 1. The van der Waals surface area contributed by atoms with Gasteiger partial charge >= 0.3 is 0 Å². The van der Waals surface area contributed by atoms with E-state index in [-0.39, 0.29) is 34.5 Å². The van der Waals surface area contributed by atoms with Crippen molar-refractivity contribution in [3.05, 3.63) is 93.3 Å². The molecule has 1 N–H and O–H groups in total. The van der Waals surface area contributed by atoms with Crippen molar-refractivity contribution < 1.29 is 18.7 Å². The number of nitriles is 1. The summed E-state index contributed by atoms with van der Waals surface area (Å²) in [5.74, 6) is -0.407. The topological polar surface area (TPSA) is 71.3 Å². The first-order chi connectivity index (χ1) is 15.8. The molecule has 3 rings (SSSR count). The van der Waals surface area contributed by atoms with E-state index in [1.165, 1.54) is 19.3 Å². The summed E-state index contributed by atoms with van der Waals surface area (Å²) in [5.41, 5.74) is 3.33.